The van der Waals surface area contributed by atoms with Crippen molar-refractivity contribution in [2.24, 2.45) is 0 Å². The SMILES string of the molecule is c1ccc(-c2nc(-c3ccccc3)nc(-c3cc(-c4ccc(-c5ccc6ccccc6c5)cc4)c4c(c3)oc3ccccc34)n2)cc1. The van der Waals surface area contributed by atoms with E-state index in [1.54, 1.807) is 0 Å². The number of benzene rings is 7. The van der Waals surface area contributed by atoms with Crippen LogP contribution in [0.5, 0.6) is 0 Å². The van der Waals surface area contributed by atoms with Crippen molar-refractivity contribution in [2.45, 2.75) is 0 Å². The molecule has 2 heterocycles. The van der Waals surface area contributed by atoms with Gasteiger partial charge < -0.3 is 4.42 Å². The lowest BCUT2D eigenvalue weighted by Gasteiger charge is -2.11. The molecule has 7 aromatic carbocycles. The van der Waals surface area contributed by atoms with Gasteiger partial charge in [0.2, 0.25) is 0 Å². The molecule has 0 amide bonds. The van der Waals surface area contributed by atoms with Crippen molar-refractivity contribution in [3.05, 3.63) is 164 Å². The molecule has 0 aliphatic carbocycles. The first-order valence-corrected chi connectivity index (χ1v) is 15.7. The van der Waals surface area contributed by atoms with Crippen LogP contribution < -0.4 is 0 Å². The summed E-state index contributed by atoms with van der Waals surface area (Å²) < 4.78 is 6.47. The second-order valence-electron chi connectivity index (χ2n) is 11.7. The number of para-hydroxylation sites is 1. The third kappa shape index (κ3) is 4.93. The molecule has 47 heavy (non-hydrogen) atoms. The molecule has 0 saturated carbocycles. The van der Waals surface area contributed by atoms with Gasteiger partial charge in [0.1, 0.15) is 11.2 Å². The number of aromatic nitrogens is 3. The lowest BCUT2D eigenvalue weighted by molar-refractivity contribution is 0.669. The first kappa shape index (κ1) is 27.0. The molecule has 2 aromatic heterocycles. The van der Waals surface area contributed by atoms with E-state index in [4.69, 9.17) is 19.4 Å². The van der Waals surface area contributed by atoms with Gasteiger partial charge >= 0.3 is 0 Å². The van der Waals surface area contributed by atoms with Crippen LogP contribution in [0.1, 0.15) is 0 Å². The van der Waals surface area contributed by atoms with Gasteiger partial charge in [0.25, 0.3) is 0 Å². The van der Waals surface area contributed by atoms with E-state index in [1.807, 2.05) is 72.8 Å². The summed E-state index contributed by atoms with van der Waals surface area (Å²) in [6.07, 6.45) is 0. The molecule has 0 aliphatic heterocycles. The van der Waals surface area contributed by atoms with Crippen molar-refractivity contribution in [3.8, 4) is 56.4 Å². The molecule has 0 unspecified atom stereocenters. The summed E-state index contributed by atoms with van der Waals surface area (Å²) in [5.74, 6) is 1.84. The molecule has 0 bridgehead atoms. The second kappa shape index (κ2) is 11.2. The number of hydrogen-bond donors (Lipinski definition) is 0. The van der Waals surface area contributed by atoms with Crippen molar-refractivity contribution in [1.82, 2.24) is 15.0 Å². The highest BCUT2D eigenvalue weighted by atomic mass is 16.3. The van der Waals surface area contributed by atoms with Gasteiger partial charge in [-0.25, -0.2) is 15.0 Å². The molecule has 4 heteroatoms. The predicted octanol–water partition coefficient (Wildman–Crippen LogP) is 11.3. The van der Waals surface area contributed by atoms with E-state index >= 15 is 0 Å². The summed E-state index contributed by atoms with van der Waals surface area (Å²) in [7, 11) is 0. The Hall–Kier alpha value is -6.39. The number of rotatable bonds is 5. The van der Waals surface area contributed by atoms with Gasteiger partial charge in [0.05, 0.1) is 0 Å². The fourth-order valence-corrected chi connectivity index (χ4v) is 6.36. The first-order chi connectivity index (χ1) is 23.3. The van der Waals surface area contributed by atoms with E-state index in [-0.39, 0.29) is 0 Å². The van der Waals surface area contributed by atoms with Gasteiger partial charge in [-0.1, -0.05) is 140 Å². The Labute approximate surface area is 271 Å². The molecule has 9 rings (SSSR count). The summed E-state index contributed by atoms with van der Waals surface area (Å²) in [6, 6.07) is 56.4. The van der Waals surface area contributed by atoms with Crippen molar-refractivity contribution in [2.75, 3.05) is 0 Å². The van der Waals surface area contributed by atoms with Gasteiger partial charge in [0.15, 0.2) is 17.5 Å². The van der Waals surface area contributed by atoms with Crippen LogP contribution >= 0.6 is 0 Å². The summed E-state index contributed by atoms with van der Waals surface area (Å²) in [5.41, 5.74) is 8.88. The zero-order valence-corrected chi connectivity index (χ0v) is 25.3. The third-order valence-corrected chi connectivity index (χ3v) is 8.71. The zero-order chi connectivity index (χ0) is 31.2. The monoisotopic (exact) mass is 601 g/mol. The summed E-state index contributed by atoms with van der Waals surface area (Å²) in [6.45, 7) is 0. The van der Waals surface area contributed by atoms with Crippen molar-refractivity contribution < 1.29 is 4.42 Å². The van der Waals surface area contributed by atoms with Gasteiger partial charge in [-0.2, -0.15) is 0 Å². The Morgan fingerprint density at radius 2 is 0.894 bits per heavy atom. The smallest absolute Gasteiger partial charge is 0.164 e. The molecular formula is C43H27N3O. The van der Waals surface area contributed by atoms with Gasteiger partial charge in [0, 0.05) is 27.5 Å². The molecular weight excluding hydrogens is 574 g/mol. The van der Waals surface area contributed by atoms with Gasteiger partial charge in [-0.05, 0) is 57.3 Å². The largest absolute Gasteiger partial charge is 0.456 e. The van der Waals surface area contributed by atoms with E-state index < -0.39 is 0 Å². The minimum Gasteiger partial charge on any atom is -0.456 e. The molecule has 0 aliphatic rings. The van der Waals surface area contributed by atoms with E-state index in [1.165, 1.54) is 21.9 Å². The standard InChI is InChI=1S/C43H27N3O/c1-3-12-31(13-4-1)41-44-42(32-14-5-2-6-15-32)46-43(45-41)35-26-37(40-36-17-9-10-18-38(36)47-39(40)27-35)30-22-19-29(20-23-30)34-24-21-28-11-7-8-16-33(28)25-34/h1-27H. The fourth-order valence-electron chi connectivity index (χ4n) is 6.36. The van der Waals surface area contributed by atoms with E-state index in [9.17, 15) is 0 Å². The third-order valence-electron chi connectivity index (χ3n) is 8.71. The van der Waals surface area contributed by atoms with Crippen LogP contribution in [0.3, 0.4) is 0 Å². The maximum atomic E-state index is 6.47. The average Bonchev–Trinajstić information content (AvgIpc) is 3.53. The minimum atomic E-state index is 0.592. The highest BCUT2D eigenvalue weighted by Gasteiger charge is 2.18. The van der Waals surface area contributed by atoms with Crippen LogP contribution in [-0.2, 0) is 0 Å². The summed E-state index contributed by atoms with van der Waals surface area (Å²) in [4.78, 5) is 14.9. The Morgan fingerprint density at radius 3 is 1.60 bits per heavy atom. The van der Waals surface area contributed by atoms with Crippen LogP contribution in [0, 0.1) is 0 Å². The quantitative estimate of drug-likeness (QED) is 0.197. The normalized spacial score (nSPS) is 11.4. The number of nitrogens with zero attached hydrogens (tertiary/aromatic N) is 3. The maximum absolute atomic E-state index is 6.47. The zero-order valence-electron chi connectivity index (χ0n) is 25.3. The number of fused-ring (bicyclic) bond motifs is 4. The molecule has 0 fully saturated rings. The fraction of sp³-hybridized carbons (Fsp3) is 0. The van der Waals surface area contributed by atoms with Crippen LogP contribution in [-0.4, -0.2) is 15.0 Å². The highest BCUT2D eigenvalue weighted by molar-refractivity contribution is 6.13. The highest BCUT2D eigenvalue weighted by Crippen LogP contribution is 2.40. The number of furan rings is 1. The second-order valence-corrected chi connectivity index (χ2v) is 11.7. The van der Waals surface area contributed by atoms with Crippen molar-refractivity contribution in [1.29, 1.82) is 0 Å². The van der Waals surface area contributed by atoms with Crippen LogP contribution in [0.4, 0.5) is 0 Å². The van der Waals surface area contributed by atoms with E-state index in [0.717, 1.165) is 49.8 Å². The Balaban J connectivity index is 1.23. The number of hydrogen-bond acceptors (Lipinski definition) is 4. The average molecular weight is 602 g/mol. The molecule has 4 nitrogen and oxygen atoms in total. The van der Waals surface area contributed by atoms with E-state index in [0.29, 0.717) is 17.5 Å². The lowest BCUT2D eigenvalue weighted by atomic mass is 9.94. The first-order valence-electron chi connectivity index (χ1n) is 15.7. The summed E-state index contributed by atoms with van der Waals surface area (Å²) in [5, 5.41) is 4.62. The van der Waals surface area contributed by atoms with Gasteiger partial charge in [-0.3, -0.25) is 0 Å². The van der Waals surface area contributed by atoms with Gasteiger partial charge in [-0.15, -0.1) is 0 Å². The molecule has 0 saturated heterocycles. The Kier molecular flexibility index (Phi) is 6.43. The lowest BCUT2D eigenvalue weighted by Crippen LogP contribution is -2.00. The minimum absolute atomic E-state index is 0.592. The van der Waals surface area contributed by atoms with Crippen molar-refractivity contribution >= 4 is 32.7 Å². The molecule has 0 spiro atoms. The van der Waals surface area contributed by atoms with Crippen LogP contribution in [0.15, 0.2) is 168 Å². The molecule has 220 valence electrons. The predicted molar refractivity (Wildman–Crippen MR) is 192 cm³/mol. The Bertz CT molecular complexity index is 2500. The maximum Gasteiger partial charge on any atom is 0.164 e. The van der Waals surface area contributed by atoms with Crippen LogP contribution in [0.2, 0.25) is 0 Å². The summed E-state index contributed by atoms with van der Waals surface area (Å²) >= 11 is 0. The molecule has 0 atom stereocenters. The van der Waals surface area contributed by atoms with Crippen molar-refractivity contribution in [3.63, 3.8) is 0 Å². The van der Waals surface area contributed by atoms with E-state index in [2.05, 4.69) is 91.0 Å². The topological polar surface area (TPSA) is 51.8 Å². The molecule has 0 N–H and O–H groups in total. The van der Waals surface area contributed by atoms with Crippen LogP contribution in [0.25, 0.3) is 89.1 Å². The molecule has 9 aromatic rings. The Morgan fingerprint density at radius 1 is 0.340 bits per heavy atom. The molecule has 0 radical (unpaired) electrons.